The fourth-order valence-electron chi connectivity index (χ4n) is 4.80. The predicted octanol–water partition coefficient (Wildman–Crippen LogP) is 3.64. The molecule has 0 bridgehead atoms. The molecule has 0 aromatic heterocycles. The maximum atomic E-state index is 12.9. The number of carbonyl (C=O) groups excluding carboxylic acids is 1. The van der Waals surface area contributed by atoms with Gasteiger partial charge in [0.25, 0.3) is 0 Å². The van der Waals surface area contributed by atoms with Crippen molar-refractivity contribution in [1.29, 1.82) is 0 Å². The largest absolute Gasteiger partial charge is 0.341 e. The van der Waals surface area contributed by atoms with Crippen LogP contribution < -0.4 is 5.73 Å². The summed E-state index contributed by atoms with van der Waals surface area (Å²) < 4.78 is 0. The number of nitrogens with two attached hydrogens (primary N) is 1. The number of amides is 1. The second kappa shape index (κ2) is 6.87. The van der Waals surface area contributed by atoms with Crippen molar-refractivity contribution in [1.82, 2.24) is 4.90 Å². The average molecular weight is 315 g/mol. The van der Waals surface area contributed by atoms with Crippen molar-refractivity contribution < 1.29 is 4.79 Å². The van der Waals surface area contributed by atoms with Gasteiger partial charge in [-0.1, -0.05) is 38.5 Å². The fourth-order valence-corrected chi connectivity index (χ4v) is 4.80. The Morgan fingerprint density at radius 3 is 1.95 bits per heavy atom. The molecule has 3 rings (SSSR count). The predicted molar refractivity (Wildman–Crippen MR) is 88.6 cm³/mol. The topological polar surface area (TPSA) is 46.3 Å². The molecule has 0 atom stereocenters. The van der Waals surface area contributed by atoms with E-state index in [1.54, 1.807) is 0 Å². The van der Waals surface area contributed by atoms with Gasteiger partial charge < -0.3 is 10.6 Å². The smallest absolute Gasteiger partial charge is 0.242 e. The molecule has 1 amide bonds. The zero-order valence-corrected chi connectivity index (χ0v) is 14.1. The number of carbonyl (C=O) groups is 1. The molecule has 21 heavy (non-hydrogen) atoms. The van der Waals surface area contributed by atoms with Crippen molar-refractivity contribution in [2.75, 3.05) is 13.1 Å². The Morgan fingerprint density at radius 1 is 0.810 bits per heavy atom. The minimum absolute atomic E-state index is 0. The Bertz CT molecular complexity index is 354. The Balaban J connectivity index is 0.00000161. The molecule has 1 aliphatic heterocycles. The minimum Gasteiger partial charge on any atom is -0.341 e. The molecule has 1 heterocycles. The van der Waals surface area contributed by atoms with Crippen LogP contribution in [0.4, 0.5) is 0 Å². The number of nitrogens with zero attached hydrogens (tertiary/aromatic N) is 1. The lowest BCUT2D eigenvalue weighted by atomic mass is 9.69. The van der Waals surface area contributed by atoms with Crippen LogP contribution in [-0.4, -0.2) is 29.4 Å². The highest BCUT2D eigenvalue weighted by atomic mass is 35.5. The normalized spacial score (nSPS) is 28.0. The number of hydrogen-bond acceptors (Lipinski definition) is 2. The van der Waals surface area contributed by atoms with Crippen molar-refractivity contribution in [3.8, 4) is 0 Å². The van der Waals surface area contributed by atoms with E-state index in [9.17, 15) is 4.79 Å². The molecule has 3 aliphatic rings. The minimum atomic E-state index is -0.536. The van der Waals surface area contributed by atoms with Crippen molar-refractivity contribution in [2.24, 2.45) is 11.1 Å². The third kappa shape index (κ3) is 3.56. The van der Waals surface area contributed by atoms with Gasteiger partial charge in [-0.15, -0.1) is 12.4 Å². The standard InChI is InChI=1S/C17H30N2O.ClH/c18-17(11-5-2-6-12-17)15(20)19-13-7-10-16(14-19)8-3-1-4-9-16;/h1-14,18H2;1H. The van der Waals surface area contributed by atoms with Gasteiger partial charge in [-0.2, -0.15) is 0 Å². The molecule has 0 aromatic rings. The highest BCUT2D eigenvalue weighted by Gasteiger charge is 2.43. The van der Waals surface area contributed by atoms with Gasteiger partial charge in [-0.25, -0.2) is 0 Å². The summed E-state index contributed by atoms with van der Waals surface area (Å²) in [6.07, 6.45) is 14.6. The molecule has 122 valence electrons. The lowest BCUT2D eigenvalue weighted by Crippen LogP contribution is -2.59. The van der Waals surface area contributed by atoms with Crippen molar-refractivity contribution >= 4 is 18.3 Å². The Labute approximate surface area is 135 Å². The summed E-state index contributed by atoms with van der Waals surface area (Å²) in [5, 5.41) is 0. The molecule has 0 aromatic carbocycles. The van der Waals surface area contributed by atoms with E-state index in [1.807, 2.05) is 0 Å². The molecular formula is C17H31ClN2O. The Hall–Kier alpha value is -0.280. The number of hydrogen-bond donors (Lipinski definition) is 1. The number of likely N-dealkylation sites (tertiary alicyclic amines) is 1. The van der Waals surface area contributed by atoms with Gasteiger partial charge in [-0.3, -0.25) is 4.79 Å². The summed E-state index contributed by atoms with van der Waals surface area (Å²) >= 11 is 0. The van der Waals surface area contributed by atoms with Crippen LogP contribution >= 0.6 is 12.4 Å². The van der Waals surface area contributed by atoms with Crippen LogP contribution in [-0.2, 0) is 4.79 Å². The molecule has 0 unspecified atom stereocenters. The van der Waals surface area contributed by atoms with E-state index in [0.717, 1.165) is 38.8 Å². The first-order valence-electron chi connectivity index (χ1n) is 8.72. The summed E-state index contributed by atoms with van der Waals surface area (Å²) in [4.78, 5) is 15.0. The molecule has 2 saturated carbocycles. The average Bonchev–Trinajstić information content (AvgIpc) is 2.48. The van der Waals surface area contributed by atoms with Crippen LogP contribution in [0.15, 0.2) is 0 Å². The van der Waals surface area contributed by atoms with Crippen LogP contribution in [0.5, 0.6) is 0 Å². The van der Waals surface area contributed by atoms with Crippen LogP contribution in [0.3, 0.4) is 0 Å². The van der Waals surface area contributed by atoms with Crippen molar-refractivity contribution in [3.05, 3.63) is 0 Å². The molecule has 2 N–H and O–H groups in total. The van der Waals surface area contributed by atoms with Crippen LogP contribution in [0.25, 0.3) is 0 Å². The van der Waals surface area contributed by atoms with Crippen molar-refractivity contribution in [2.45, 2.75) is 82.6 Å². The van der Waals surface area contributed by atoms with Gasteiger partial charge in [0, 0.05) is 13.1 Å². The second-order valence-electron chi connectivity index (χ2n) is 7.61. The summed E-state index contributed by atoms with van der Waals surface area (Å²) in [7, 11) is 0. The highest BCUT2D eigenvalue weighted by molar-refractivity contribution is 5.86. The second-order valence-corrected chi connectivity index (χ2v) is 7.61. The lowest BCUT2D eigenvalue weighted by molar-refractivity contribution is -0.142. The van der Waals surface area contributed by atoms with E-state index in [2.05, 4.69) is 4.90 Å². The van der Waals surface area contributed by atoms with Crippen LogP contribution in [0.1, 0.15) is 77.0 Å². The molecule has 1 saturated heterocycles. The van der Waals surface area contributed by atoms with E-state index < -0.39 is 5.54 Å². The summed E-state index contributed by atoms with van der Waals surface area (Å²) in [5.41, 5.74) is 6.37. The number of halogens is 1. The van der Waals surface area contributed by atoms with Gasteiger partial charge in [-0.05, 0) is 43.9 Å². The first-order chi connectivity index (χ1) is 9.64. The third-order valence-electron chi connectivity index (χ3n) is 6.03. The maximum Gasteiger partial charge on any atom is 0.242 e. The monoisotopic (exact) mass is 314 g/mol. The summed E-state index contributed by atoms with van der Waals surface area (Å²) in [6.45, 7) is 1.93. The van der Waals surface area contributed by atoms with E-state index in [4.69, 9.17) is 5.73 Å². The number of piperidine rings is 1. The van der Waals surface area contributed by atoms with Crippen LogP contribution in [0.2, 0.25) is 0 Å². The summed E-state index contributed by atoms with van der Waals surface area (Å²) in [6, 6.07) is 0. The van der Waals surface area contributed by atoms with Crippen molar-refractivity contribution in [3.63, 3.8) is 0 Å². The zero-order valence-electron chi connectivity index (χ0n) is 13.2. The highest BCUT2D eigenvalue weighted by Crippen LogP contribution is 2.43. The third-order valence-corrected chi connectivity index (χ3v) is 6.03. The molecule has 3 fully saturated rings. The zero-order chi connectivity index (χ0) is 14.1. The van der Waals surface area contributed by atoms with E-state index in [-0.39, 0.29) is 18.3 Å². The Kier molecular flexibility index (Phi) is 5.59. The van der Waals surface area contributed by atoms with Crippen LogP contribution in [0, 0.1) is 5.41 Å². The number of rotatable bonds is 1. The van der Waals surface area contributed by atoms with Gasteiger partial charge in [0.05, 0.1) is 5.54 Å². The summed E-state index contributed by atoms with van der Waals surface area (Å²) in [5.74, 6) is 0.266. The quantitative estimate of drug-likeness (QED) is 0.803. The molecule has 4 heteroatoms. The molecule has 2 aliphatic carbocycles. The van der Waals surface area contributed by atoms with Gasteiger partial charge in [0.1, 0.15) is 0 Å². The SMILES string of the molecule is Cl.NC1(C(=O)N2CCCC3(CCCCC3)C2)CCCCC1. The lowest BCUT2D eigenvalue weighted by Gasteiger charge is -2.47. The van der Waals surface area contributed by atoms with Gasteiger partial charge in [0.15, 0.2) is 0 Å². The van der Waals surface area contributed by atoms with E-state index in [1.165, 1.54) is 51.4 Å². The maximum absolute atomic E-state index is 12.9. The Morgan fingerprint density at radius 2 is 1.33 bits per heavy atom. The van der Waals surface area contributed by atoms with Gasteiger partial charge in [0.2, 0.25) is 5.91 Å². The molecular weight excluding hydrogens is 284 g/mol. The molecule has 3 nitrogen and oxygen atoms in total. The van der Waals surface area contributed by atoms with E-state index >= 15 is 0 Å². The molecule has 1 spiro atoms. The van der Waals surface area contributed by atoms with Gasteiger partial charge >= 0.3 is 0 Å². The first-order valence-corrected chi connectivity index (χ1v) is 8.72. The molecule has 0 radical (unpaired) electrons. The fraction of sp³-hybridized carbons (Fsp3) is 0.941. The first kappa shape index (κ1) is 17.1. The van der Waals surface area contributed by atoms with E-state index in [0.29, 0.717) is 5.41 Å².